The Morgan fingerprint density at radius 3 is 1.91 bits per heavy atom. The molecule has 0 spiro atoms. The summed E-state index contributed by atoms with van der Waals surface area (Å²) in [6.45, 7) is 1.48. The van der Waals surface area contributed by atoms with Gasteiger partial charge in [-0.05, 0) is 39.2 Å². The molecule has 15 nitrogen and oxygen atoms in total. The Morgan fingerprint density at radius 2 is 1.44 bits per heavy atom. The summed E-state index contributed by atoms with van der Waals surface area (Å²) in [7, 11) is 0. The van der Waals surface area contributed by atoms with Crippen LogP contribution in [0.4, 0.5) is 0 Å². The van der Waals surface area contributed by atoms with Gasteiger partial charge in [0.25, 0.3) is 0 Å². The normalized spacial score (nSPS) is 15.2. The standard InChI is InChI=1S/C19H34N6O9/c1-9(26)15(18(32)24-12(19(33)34)5-6-14(28)29)25-17(31)11(4-2-3-7-20)23-16(30)10(21)8-13(22)27/h9-12,15,26H,2-8,20-21H2,1H3,(H2,22,27)(H,23,30)(H,24,32)(H,25,31)(H,28,29)(H,33,34). The van der Waals surface area contributed by atoms with E-state index in [1.807, 2.05) is 0 Å². The third-order valence-corrected chi connectivity index (χ3v) is 4.66. The summed E-state index contributed by atoms with van der Waals surface area (Å²) in [6, 6.07) is -5.72. The topological polar surface area (TPSA) is 277 Å². The third-order valence-electron chi connectivity index (χ3n) is 4.66. The number of carbonyl (C=O) groups excluding carboxylic acids is 4. The summed E-state index contributed by atoms with van der Waals surface area (Å²) < 4.78 is 0. The second kappa shape index (κ2) is 15.5. The number of rotatable bonds is 17. The first-order valence-corrected chi connectivity index (χ1v) is 10.6. The van der Waals surface area contributed by atoms with E-state index in [1.54, 1.807) is 0 Å². The fourth-order valence-corrected chi connectivity index (χ4v) is 2.80. The van der Waals surface area contributed by atoms with Crippen molar-refractivity contribution in [2.75, 3.05) is 6.54 Å². The maximum atomic E-state index is 12.8. The third kappa shape index (κ3) is 12.1. The van der Waals surface area contributed by atoms with Crippen molar-refractivity contribution in [1.82, 2.24) is 16.0 Å². The van der Waals surface area contributed by atoms with Crippen LogP contribution in [-0.4, -0.2) is 87.7 Å². The van der Waals surface area contributed by atoms with Crippen LogP contribution in [0.2, 0.25) is 0 Å². The van der Waals surface area contributed by atoms with E-state index < -0.39 is 85.1 Å². The molecule has 0 rings (SSSR count). The van der Waals surface area contributed by atoms with E-state index in [0.29, 0.717) is 19.4 Å². The molecule has 0 saturated carbocycles. The lowest BCUT2D eigenvalue weighted by molar-refractivity contribution is -0.144. The highest BCUT2D eigenvalue weighted by atomic mass is 16.4. The zero-order valence-electron chi connectivity index (χ0n) is 18.9. The van der Waals surface area contributed by atoms with Crippen LogP contribution >= 0.6 is 0 Å². The summed E-state index contributed by atoms with van der Waals surface area (Å²) in [5.74, 6) is -6.39. The molecule has 0 aromatic rings. The Morgan fingerprint density at radius 1 is 0.853 bits per heavy atom. The summed E-state index contributed by atoms with van der Waals surface area (Å²) >= 11 is 0. The molecule has 12 N–H and O–H groups in total. The summed E-state index contributed by atoms with van der Waals surface area (Å²) in [4.78, 5) is 70.6. The predicted octanol–water partition coefficient (Wildman–Crippen LogP) is -3.90. The molecule has 0 aromatic heterocycles. The van der Waals surface area contributed by atoms with Crippen molar-refractivity contribution in [2.45, 2.75) is 75.7 Å². The second-order valence-corrected chi connectivity index (χ2v) is 7.68. The van der Waals surface area contributed by atoms with E-state index in [0.717, 1.165) is 0 Å². The number of aliphatic carboxylic acids is 2. The number of hydrogen-bond acceptors (Lipinski definition) is 9. The molecule has 0 heterocycles. The van der Waals surface area contributed by atoms with Crippen molar-refractivity contribution in [3.05, 3.63) is 0 Å². The Kier molecular flexibility index (Phi) is 14.0. The van der Waals surface area contributed by atoms with E-state index in [2.05, 4.69) is 16.0 Å². The first-order chi connectivity index (χ1) is 15.8. The number of hydrogen-bond donors (Lipinski definition) is 9. The van der Waals surface area contributed by atoms with Crippen molar-refractivity contribution in [3.8, 4) is 0 Å². The van der Waals surface area contributed by atoms with Gasteiger partial charge in [-0.15, -0.1) is 0 Å². The van der Waals surface area contributed by atoms with Gasteiger partial charge in [-0.2, -0.15) is 0 Å². The van der Waals surface area contributed by atoms with Crippen LogP contribution in [0.3, 0.4) is 0 Å². The summed E-state index contributed by atoms with van der Waals surface area (Å²) in [5, 5.41) is 34.6. The van der Waals surface area contributed by atoms with Gasteiger partial charge >= 0.3 is 11.9 Å². The van der Waals surface area contributed by atoms with Crippen LogP contribution in [0.1, 0.15) is 45.4 Å². The Balaban J connectivity index is 5.44. The average molecular weight is 491 g/mol. The lowest BCUT2D eigenvalue weighted by Crippen LogP contribution is -2.60. The number of amides is 4. The molecule has 0 saturated heterocycles. The van der Waals surface area contributed by atoms with Crippen LogP contribution in [0.15, 0.2) is 0 Å². The summed E-state index contributed by atoms with van der Waals surface area (Å²) in [6.07, 6.45) is -1.90. The second-order valence-electron chi connectivity index (χ2n) is 7.68. The smallest absolute Gasteiger partial charge is 0.326 e. The molecule has 0 aliphatic heterocycles. The number of carboxylic acid groups (broad SMARTS) is 2. The van der Waals surface area contributed by atoms with Gasteiger partial charge in [-0.1, -0.05) is 0 Å². The SMILES string of the molecule is CC(O)C(NC(=O)C(CCCCN)NC(=O)C(N)CC(N)=O)C(=O)NC(CCC(=O)O)C(=O)O. The maximum Gasteiger partial charge on any atom is 0.326 e. The molecule has 5 unspecified atom stereocenters. The molecule has 0 aliphatic carbocycles. The number of primary amides is 1. The van der Waals surface area contributed by atoms with Gasteiger partial charge in [-0.3, -0.25) is 24.0 Å². The van der Waals surface area contributed by atoms with Gasteiger partial charge in [0.1, 0.15) is 18.1 Å². The quantitative estimate of drug-likeness (QED) is 0.0888. The predicted molar refractivity (Wildman–Crippen MR) is 117 cm³/mol. The van der Waals surface area contributed by atoms with Gasteiger partial charge in [0, 0.05) is 6.42 Å². The van der Waals surface area contributed by atoms with Crippen molar-refractivity contribution in [3.63, 3.8) is 0 Å². The van der Waals surface area contributed by atoms with E-state index in [1.165, 1.54) is 6.92 Å². The van der Waals surface area contributed by atoms with Crippen LogP contribution in [0, 0.1) is 0 Å². The van der Waals surface area contributed by atoms with Crippen molar-refractivity contribution >= 4 is 35.6 Å². The van der Waals surface area contributed by atoms with E-state index in [-0.39, 0.29) is 6.42 Å². The molecule has 0 radical (unpaired) electrons. The number of carbonyl (C=O) groups is 6. The molecular weight excluding hydrogens is 456 g/mol. The van der Waals surface area contributed by atoms with Gasteiger partial charge in [0.2, 0.25) is 23.6 Å². The van der Waals surface area contributed by atoms with Gasteiger partial charge in [-0.25, -0.2) is 4.79 Å². The zero-order valence-corrected chi connectivity index (χ0v) is 18.9. The molecule has 0 fully saturated rings. The Bertz CT molecular complexity index is 746. The molecule has 4 amide bonds. The highest BCUT2D eigenvalue weighted by Gasteiger charge is 2.32. The Hall–Kier alpha value is -3.30. The number of nitrogens with two attached hydrogens (primary N) is 3. The fraction of sp³-hybridized carbons (Fsp3) is 0.684. The minimum atomic E-state index is -1.62. The minimum absolute atomic E-state index is 0.0859. The van der Waals surface area contributed by atoms with Crippen molar-refractivity contribution < 1.29 is 44.1 Å². The van der Waals surface area contributed by atoms with Crippen molar-refractivity contribution in [1.29, 1.82) is 0 Å². The largest absolute Gasteiger partial charge is 0.481 e. The first kappa shape index (κ1) is 30.7. The van der Waals surface area contributed by atoms with Crippen LogP contribution in [0.5, 0.6) is 0 Å². The molecule has 34 heavy (non-hydrogen) atoms. The molecule has 15 heteroatoms. The number of aliphatic hydroxyl groups excluding tert-OH is 1. The first-order valence-electron chi connectivity index (χ1n) is 10.6. The van der Waals surface area contributed by atoms with E-state index >= 15 is 0 Å². The Labute approximate surface area is 195 Å². The van der Waals surface area contributed by atoms with Crippen LogP contribution in [0.25, 0.3) is 0 Å². The van der Waals surface area contributed by atoms with Crippen molar-refractivity contribution in [2.24, 2.45) is 17.2 Å². The van der Waals surface area contributed by atoms with Gasteiger partial charge < -0.3 is 48.5 Å². The van der Waals surface area contributed by atoms with E-state index in [4.69, 9.17) is 22.3 Å². The highest BCUT2D eigenvalue weighted by molar-refractivity contribution is 5.95. The number of aliphatic hydroxyl groups is 1. The number of carboxylic acids is 2. The zero-order chi connectivity index (χ0) is 26.4. The highest BCUT2D eigenvalue weighted by Crippen LogP contribution is 2.05. The van der Waals surface area contributed by atoms with Gasteiger partial charge in [0.05, 0.1) is 18.6 Å². The minimum Gasteiger partial charge on any atom is -0.481 e. The number of nitrogens with one attached hydrogen (secondary N) is 3. The molecular formula is C19H34N6O9. The molecule has 0 aliphatic rings. The van der Waals surface area contributed by atoms with Crippen LogP contribution in [-0.2, 0) is 28.8 Å². The lowest BCUT2D eigenvalue weighted by atomic mass is 10.0. The van der Waals surface area contributed by atoms with E-state index in [9.17, 15) is 39.0 Å². The summed E-state index contributed by atoms with van der Waals surface area (Å²) in [5.41, 5.74) is 16.0. The van der Waals surface area contributed by atoms with Gasteiger partial charge in [0.15, 0.2) is 0 Å². The fourth-order valence-electron chi connectivity index (χ4n) is 2.80. The lowest BCUT2D eigenvalue weighted by Gasteiger charge is -2.26. The molecule has 5 atom stereocenters. The van der Waals surface area contributed by atoms with Crippen LogP contribution < -0.4 is 33.2 Å². The maximum absolute atomic E-state index is 12.8. The molecule has 194 valence electrons. The molecule has 0 bridgehead atoms. The number of unbranched alkanes of at least 4 members (excludes halogenated alkanes) is 1. The average Bonchev–Trinajstić information content (AvgIpc) is 2.72. The monoisotopic (exact) mass is 490 g/mol. The molecule has 0 aromatic carbocycles.